The van der Waals surface area contributed by atoms with Gasteiger partial charge in [-0.15, -0.1) is 0 Å². The number of amides is 4. The van der Waals surface area contributed by atoms with Crippen LogP contribution in [0.25, 0.3) is 0 Å². The normalized spacial score (nSPS) is 20.5. The lowest BCUT2D eigenvalue weighted by Crippen LogP contribution is -2.58. The van der Waals surface area contributed by atoms with Crippen molar-refractivity contribution in [2.45, 2.75) is 109 Å². The Kier molecular flexibility index (Phi) is 17.2. The number of rotatable bonds is 14. The van der Waals surface area contributed by atoms with Crippen molar-refractivity contribution < 1.29 is 77.8 Å². The molecule has 4 heterocycles. The Morgan fingerprint density at radius 1 is 0.726 bits per heavy atom. The number of carbonyl (C=O) groups excluding carboxylic acids is 4. The van der Waals surface area contributed by atoms with E-state index in [4.69, 9.17) is 102 Å². The van der Waals surface area contributed by atoms with Gasteiger partial charge in [0.2, 0.25) is 7.59 Å². The molecule has 0 radical (unpaired) electrons. The molecule has 0 aromatic heterocycles. The molecular weight excluding hydrogens is 1140 g/mol. The fourth-order valence-electron chi connectivity index (χ4n) is 8.01. The van der Waals surface area contributed by atoms with E-state index in [1.807, 2.05) is 27.7 Å². The molecule has 6 rings (SSSR count). The van der Waals surface area contributed by atoms with Gasteiger partial charge in [-0.1, -0.05) is 95.9 Å². The summed E-state index contributed by atoms with van der Waals surface area (Å²) in [5.74, 6) is -1.91. The first-order chi connectivity index (χ1) is 33.6. The molecule has 4 aliphatic rings. The van der Waals surface area contributed by atoms with Gasteiger partial charge in [-0.2, -0.15) is 21.6 Å². The minimum absolute atomic E-state index is 0.0267. The third-order valence-electron chi connectivity index (χ3n) is 12.5. The summed E-state index contributed by atoms with van der Waals surface area (Å²) in [6, 6.07) is 2.90. The van der Waals surface area contributed by atoms with Gasteiger partial charge in [-0.05, 0) is 50.5 Å². The molecule has 4 atom stereocenters. The van der Waals surface area contributed by atoms with Crippen LogP contribution < -0.4 is 28.7 Å². The molecule has 2 aromatic rings. The lowest BCUT2D eigenvalue weighted by Gasteiger charge is -2.44. The molecule has 0 aliphatic carbocycles. The number of hydrogen-bond acceptors (Lipinski definition) is 14. The Bertz CT molecular complexity index is 2680. The van der Waals surface area contributed by atoms with E-state index in [0.29, 0.717) is 6.42 Å². The zero-order chi connectivity index (χ0) is 54.6. The second-order valence-corrected chi connectivity index (χ2v) is 30.0. The van der Waals surface area contributed by atoms with Crippen LogP contribution in [0.15, 0.2) is 48.0 Å². The Balaban J connectivity index is 1.34. The summed E-state index contributed by atoms with van der Waals surface area (Å²) in [6.45, 7) is 11.3. The molecule has 0 unspecified atom stereocenters. The minimum Gasteiger partial charge on any atom is -0.493 e. The summed E-state index contributed by atoms with van der Waals surface area (Å²) in [7, 11) is -6.64. The van der Waals surface area contributed by atoms with Gasteiger partial charge in [0, 0.05) is 37.4 Å². The maximum Gasteiger partial charge on any atom is 0.534 e. The molecule has 0 spiro atoms. The monoisotopic (exact) mass is 1190 g/mol. The number of methoxy groups -OCH3 is 2. The molecule has 18 nitrogen and oxygen atoms in total. The third kappa shape index (κ3) is 12.8. The molecule has 4 aliphatic heterocycles. The largest absolute Gasteiger partial charge is 0.534 e. The van der Waals surface area contributed by atoms with Gasteiger partial charge in [0.15, 0.2) is 37.5 Å². The second kappa shape index (κ2) is 21.6. The first-order valence-corrected chi connectivity index (χ1v) is 28.6. The van der Waals surface area contributed by atoms with E-state index in [2.05, 4.69) is 4.18 Å². The van der Waals surface area contributed by atoms with Crippen LogP contribution in [0.3, 0.4) is 0 Å². The molecule has 404 valence electrons. The summed E-state index contributed by atoms with van der Waals surface area (Å²) in [5, 5.41) is -0.588. The van der Waals surface area contributed by atoms with Crippen molar-refractivity contribution in [3.05, 3.63) is 59.1 Å². The average Bonchev–Trinajstić information content (AvgIpc) is 3.84. The van der Waals surface area contributed by atoms with Gasteiger partial charge in [0.25, 0.3) is 11.8 Å². The number of anilines is 2. The quantitative estimate of drug-likeness (QED) is 0.0571. The van der Waals surface area contributed by atoms with Crippen LogP contribution >= 0.6 is 69.6 Å². The highest BCUT2D eigenvalue weighted by atomic mass is 35.6. The van der Waals surface area contributed by atoms with Crippen molar-refractivity contribution >= 4 is 123 Å². The summed E-state index contributed by atoms with van der Waals surface area (Å²) >= 11 is 35.6. The SMILES string of the molecule is COc1cc2c(cc1OCCCOc1cc3c(cc1OC)C(=O)N1C=C(OS(=O)(=O)C(F)(F)F)C[C@@H]1[C@H](O[Si](C)(C)C(C)(C)C)N3C(=O)OCC(Cl)(Cl)Cl)N(C(=O)OCC(Cl)(Cl)Cl)[C@@H](C)[C@@H]1CC(C)=CN1C2=O. The van der Waals surface area contributed by atoms with E-state index in [0.717, 1.165) is 21.6 Å². The van der Waals surface area contributed by atoms with Gasteiger partial charge < -0.3 is 46.8 Å². The number of ether oxygens (including phenoxy) is 6. The zero-order valence-electron chi connectivity index (χ0n) is 40.5. The van der Waals surface area contributed by atoms with Crippen LogP contribution in [0.2, 0.25) is 18.1 Å². The highest BCUT2D eigenvalue weighted by Crippen LogP contribution is 2.48. The van der Waals surface area contributed by atoms with E-state index in [1.54, 1.807) is 31.1 Å². The van der Waals surface area contributed by atoms with Gasteiger partial charge in [0.1, 0.15) is 19.0 Å². The molecule has 2 aromatic carbocycles. The van der Waals surface area contributed by atoms with Crippen LogP contribution in [0.1, 0.15) is 74.6 Å². The third-order valence-corrected chi connectivity index (χ3v) is 18.6. The van der Waals surface area contributed by atoms with Crippen LogP contribution in [-0.2, 0) is 28.2 Å². The van der Waals surface area contributed by atoms with E-state index in [9.17, 15) is 40.8 Å². The fraction of sp³-hybridized carbons (Fsp3) is 0.545. The number of hydrogen-bond donors (Lipinski definition) is 0. The first-order valence-electron chi connectivity index (χ1n) is 22.1. The lowest BCUT2D eigenvalue weighted by molar-refractivity contribution is -0.0523. The molecule has 73 heavy (non-hydrogen) atoms. The van der Waals surface area contributed by atoms with E-state index in [-0.39, 0.29) is 65.1 Å². The Labute approximate surface area is 450 Å². The van der Waals surface area contributed by atoms with Crippen LogP contribution in [0.5, 0.6) is 23.0 Å². The van der Waals surface area contributed by atoms with E-state index in [1.165, 1.54) is 43.4 Å². The van der Waals surface area contributed by atoms with Gasteiger partial charge >= 0.3 is 27.8 Å². The number of carbonyl (C=O) groups is 4. The Hall–Kier alpha value is -3.94. The highest BCUT2D eigenvalue weighted by molar-refractivity contribution is 7.87. The first kappa shape index (κ1) is 58.3. The number of benzene rings is 2. The molecular formula is C44H51Cl6F3N4O14SSi. The number of alkyl halides is 9. The molecule has 0 saturated carbocycles. The Morgan fingerprint density at radius 3 is 1.64 bits per heavy atom. The zero-order valence-corrected chi connectivity index (χ0v) is 46.9. The van der Waals surface area contributed by atoms with Gasteiger partial charge in [-0.25, -0.2) is 14.5 Å². The van der Waals surface area contributed by atoms with Crippen molar-refractivity contribution in [1.29, 1.82) is 0 Å². The standard InChI is InChI=1S/C44H51Cl6F3N4O14SSi/c1-23-13-28-24(2)56(39(60)68-21-42(45,46)47)29-17-34(32(64-6)15-26(29)36(58)54(28)19-23)66-11-10-12-67-35-18-30-27(16-33(35)65-7)37(59)55-20-25(70-72(62,63)44(51,52)53)14-31(55)38(71-73(8,9)41(3,4)5)57(30)40(61)69-22-43(48,49)50/h15-20,24,28,31,38H,10-14,21-22H2,1-9H3/t24-,28-,31+,38-/m0/s1. The highest BCUT2D eigenvalue weighted by Gasteiger charge is 2.54. The number of halogens is 9. The van der Waals surface area contributed by atoms with Crippen molar-refractivity contribution in [3.8, 4) is 23.0 Å². The Morgan fingerprint density at radius 2 is 1.19 bits per heavy atom. The summed E-state index contributed by atoms with van der Waals surface area (Å²) in [6.07, 6.45) is -1.27. The molecule has 0 N–H and O–H groups in total. The summed E-state index contributed by atoms with van der Waals surface area (Å²) in [5.41, 5.74) is -5.13. The van der Waals surface area contributed by atoms with Crippen LogP contribution in [-0.4, -0.2) is 129 Å². The van der Waals surface area contributed by atoms with Crippen LogP contribution in [0, 0.1) is 0 Å². The summed E-state index contributed by atoms with van der Waals surface area (Å²) in [4.78, 5) is 61.5. The lowest BCUT2D eigenvalue weighted by atomic mass is 10.0. The molecule has 29 heteroatoms. The topological polar surface area (TPSA) is 189 Å². The second-order valence-electron chi connectivity index (χ2n) is 18.7. The van der Waals surface area contributed by atoms with Gasteiger partial charge in [0.05, 0.1) is 68.1 Å². The maximum atomic E-state index is 14.6. The number of nitrogens with zero attached hydrogens (tertiary/aromatic N) is 4. The molecule has 4 amide bonds. The number of fused-ring (bicyclic) bond motifs is 4. The summed E-state index contributed by atoms with van der Waals surface area (Å²) < 4.78 is 107. The van der Waals surface area contributed by atoms with Gasteiger partial charge in [-0.3, -0.25) is 14.5 Å². The van der Waals surface area contributed by atoms with Crippen molar-refractivity contribution in [3.63, 3.8) is 0 Å². The molecule has 0 saturated heterocycles. The smallest absolute Gasteiger partial charge is 0.493 e. The molecule has 0 fully saturated rings. The van der Waals surface area contributed by atoms with E-state index < -0.39 is 110 Å². The molecule has 0 bridgehead atoms. The van der Waals surface area contributed by atoms with Crippen molar-refractivity contribution in [1.82, 2.24) is 9.80 Å². The maximum absolute atomic E-state index is 14.6. The van der Waals surface area contributed by atoms with E-state index >= 15 is 0 Å². The minimum atomic E-state index is -6.20. The van der Waals surface area contributed by atoms with Crippen molar-refractivity contribution in [2.24, 2.45) is 0 Å². The van der Waals surface area contributed by atoms with Crippen LogP contribution in [0.4, 0.5) is 34.1 Å². The average molecular weight is 1190 g/mol. The predicted molar refractivity (Wildman–Crippen MR) is 268 cm³/mol. The van der Waals surface area contributed by atoms with Crippen molar-refractivity contribution in [2.75, 3.05) is 50.4 Å². The predicted octanol–water partition coefficient (Wildman–Crippen LogP) is 11.0. The fourth-order valence-corrected chi connectivity index (χ4v) is 10.0.